The van der Waals surface area contributed by atoms with Gasteiger partial charge in [0.25, 0.3) is 0 Å². The number of aryl methyl sites for hydroxylation is 2. The van der Waals surface area contributed by atoms with E-state index in [9.17, 15) is 66.3 Å². The van der Waals surface area contributed by atoms with E-state index in [2.05, 4.69) is 101 Å². The summed E-state index contributed by atoms with van der Waals surface area (Å²) in [4.78, 5) is 57.7. The van der Waals surface area contributed by atoms with Gasteiger partial charge in [0, 0.05) is 137 Å². The third-order valence-electron chi connectivity index (χ3n) is 24.8. The van der Waals surface area contributed by atoms with E-state index >= 15 is 0 Å². The molecule has 0 amide bonds. The Morgan fingerprint density at radius 1 is 0.433 bits per heavy atom. The van der Waals surface area contributed by atoms with Crippen molar-refractivity contribution in [1.29, 1.82) is 0 Å². The number of imidazole rings is 3. The average molecular weight is 1830 g/mol. The van der Waals surface area contributed by atoms with Crippen LogP contribution in [0.1, 0.15) is 173 Å². The zero-order valence-electron chi connectivity index (χ0n) is 76.8. The number of nitrogens with two attached hydrogens (primary N) is 1. The zero-order valence-corrected chi connectivity index (χ0v) is 76.8. The first-order valence-electron chi connectivity index (χ1n) is 46.4. The van der Waals surface area contributed by atoms with E-state index in [-0.39, 0.29) is 81.5 Å². The van der Waals surface area contributed by atoms with Crippen LogP contribution in [0.15, 0.2) is 243 Å². The molecule has 26 heteroatoms. The summed E-state index contributed by atoms with van der Waals surface area (Å²) < 4.78 is 85.9. The Hall–Kier alpha value is -12.2. The number of anilines is 3. The lowest BCUT2D eigenvalue weighted by Crippen LogP contribution is -2.29. The van der Waals surface area contributed by atoms with Gasteiger partial charge in [0.05, 0.1) is 77.3 Å². The Kier molecular flexibility index (Phi) is 34.9. The predicted octanol–water partition coefficient (Wildman–Crippen LogP) is 20.3. The summed E-state index contributed by atoms with van der Waals surface area (Å²) in [6.45, 7) is 15.4. The van der Waals surface area contributed by atoms with Crippen LogP contribution in [-0.4, -0.2) is 144 Å². The van der Waals surface area contributed by atoms with Crippen molar-refractivity contribution < 1.29 is 66.3 Å². The number of alkyl halides is 6. The number of carbonyl (C=O) groups is 3. The maximum atomic E-state index is 13.3. The van der Waals surface area contributed by atoms with Crippen LogP contribution in [0.3, 0.4) is 0 Å². The lowest BCUT2D eigenvalue weighted by Gasteiger charge is -2.25. The molecule has 14 aromatic rings. The molecular weight excluding hydrogens is 1710 g/mol. The number of rotatable bonds is 41. The maximum Gasteiger partial charge on any atom is 0.416 e. The Morgan fingerprint density at radius 2 is 0.821 bits per heavy atom. The molecular formula is C108H122F6N12O8. The first-order valence-corrected chi connectivity index (χ1v) is 46.4. The number of nitrogens with one attached hydrogen (secondary N) is 2. The quantitative estimate of drug-likeness (QED) is 0.0166. The topological polar surface area (TPSA) is 266 Å². The Labute approximate surface area is 779 Å². The van der Waals surface area contributed by atoms with Gasteiger partial charge in [-0.2, -0.15) is 26.3 Å². The molecule has 0 radical (unpaired) electrons. The van der Waals surface area contributed by atoms with Gasteiger partial charge in [-0.3, -0.25) is 14.4 Å². The number of fused-ring (bicyclic) bond motifs is 4. The number of hydrogen-bond acceptors (Lipinski definition) is 17. The van der Waals surface area contributed by atoms with Crippen molar-refractivity contribution in [3.63, 3.8) is 0 Å². The fourth-order valence-corrected chi connectivity index (χ4v) is 17.9. The van der Waals surface area contributed by atoms with Gasteiger partial charge in [0.15, 0.2) is 0 Å². The van der Waals surface area contributed by atoms with Crippen molar-refractivity contribution in [3.05, 3.63) is 298 Å². The van der Waals surface area contributed by atoms with E-state index in [1.165, 1.54) is 67.6 Å². The van der Waals surface area contributed by atoms with Gasteiger partial charge in [0.1, 0.15) is 34.8 Å². The third kappa shape index (κ3) is 26.0. The van der Waals surface area contributed by atoms with E-state index in [1.807, 2.05) is 146 Å². The monoisotopic (exact) mass is 1830 g/mol. The molecule has 134 heavy (non-hydrogen) atoms. The van der Waals surface area contributed by atoms with Crippen LogP contribution < -0.4 is 31.1 Å². The van der Waals surface area contributed by atoms with E-state index < -0.39 is 23.5 Å². The summed E-state index contributed by atoms with van der Waals surface area (Å²) in [5.74, 6) is 3.05. The highest BCUT2D eigenvalue weighted by Gasteiger charge is 2.32. The van der Waals surface area contributed by atoms with Gasteiger partial charge in [-0.15, -0.1) is 0 Å². The molecule has 704 valence electrons. The Morgan fingerprint density at radius 3 is 1.25 bits per heavy atom. The summed E-state index contributed by atoms with van der Waals surface area (Å²) in [6.07, 6.45) is 1.39. The molecule has 1 aliphatic carbocycles. The van der Waals surface area contributed by atoms with Crippen molar-refractivity contribution in [2.24, 2.45) is 11.7 Å². The SMILES string of the molecule is CC(=O)CC(NCC1CCCCC1)c1ccc2c(c1)nc(-c1ccc(N(CCO)CCO)cc1)n2Cc1ccc(C(F)(F)F)cc1.CC(=O)CC(NCc1cccc2ccccc12)c1ccc2c(c1)nc(-c1ccc(N(CCO)CCO)cc1)n2Cc1ccc(C(F)(F)F)cc1.CCCN(CCC)c1ccc(-c2nc3cc(C(N)CC(C)=O)ccc3n2CCc2ccc(CO)cc2)cc1. The molecule has 20 nitrogen and oxygen atoms in total. The number of aromatic nitrogens is 6. The second-order valence-electron chi connectivity index (χ2n) is 34.8. The number of benzene rings is 11. The molecule has 3 unspecified atom stereocenters. The molecule has 0 spiro atoms. The molecule has 11 aromatic carbocycles. The smallest absolute Gasteiger partial charge is 0.395 e. The van der Waals surface area contributed by atoms with Crippen LogP contribution in [-0.2, 0) is 65.9 Å². The number of nitrogens with zero attached hydrogens (tertiary/aromatic N) is 9. The highest BCUT2D eigenvalue weighted by Crippen LogP contribution is 2.38. The van der Waals surface area contributed by atoms with Crippen molar-refractivity contribution in [2.75, 3.05) is 86.9 Å². The Bertz CT molecular complexity index is 6150. The number of halogens is 6. The van der Waals surface area contributed by atoms with Gasteiger partial charge < -0.3 is 70.3 Å². The molecule has 1 saturated carbocycles. The van der Waals surface area contributed by atoms with Crippen LogP contribution in [0.2, 0.25) is 0 Å². The number of aliphatic hydroxyl groups excluding tert-OH is 5. The molecule has 15 rings (SSSR count). The third-order valence-corrected chi connectivity index (χ3v) is 24.8. The number of Topliss-reactive ketones (excluding diaryl/α,β-unsaturated/α-hetero) is 3. The van der Waals surface area contributed by atoms with Crippen LogP contribution in [0.25, 0.3) is 78.0 Å². The van der Waals surface area contributed by atoms with Crippen molar-refractivity contribution in [3.8, 4) is 34.2 Å². The summed E-state index contributed by atoms with van der Waals surface area (Å²) in [5.41, 5.74) is 22.9. The Balaban J connectivity index is 0.000000172. The lowest BCUT2D eigenvalue weighted by molar-refractivity contribution is -0.138. The molecule has 0 saturated heterocycles. The van der Waals surface area contributed by atoms with Crippen molar-refractivity contribution in [1.82, 2.24) is 39.3 Å². The van der Waals surface area contributed by atoms with Crippen LogP contribution >= 0.6 is 0 Å². The lowest BCUT2D eigenvalue weighted by atomic mass is 9.89. The number of hydrogen-bond donors (Lipinski definition) is 8. The zero-order chi connectivity index (χ0) is 95.0. The summed E-state index contributed by atoms with van der Waals surface area (Å²) in [5, 5.41) is 56.8. The second kappa shape index (κ2) is 47.1. The predicted molar refractivity (Wildman–Crippen MR) is 522 cm³/mol. The highest BCUT2D eigenvalue weighted by molar-refractivity contribution is 5.88. The number of ketones is 3. The van der Waals surface area contributed by atoms with Crippen LogP contribution in [0.4, 0.5) is 43.4 Å². The largest absolute Gasteiger partial charge is 0.416 e. The summed E-state index contributed by atoms with van der Waals surface area (Å²) in [7, 11) is 0. The fourth-order valence-electron chi connectivity index (χ4n) is 17.9. The van der Waals surface area contributed by atoms with E-state index in [1.54, 1.807) is 20.8 Å². The standard InChI is InChI=1S/C40H39F3N4O3.C36H43F3N4O3.C32H40N4O2/c1-27(50)23-36(44-25-32-7-4-6-29-5-2-3-8-35(29)32)31-13-18-38-37(24-31)45-39(30-11-16-34(17-12-30)46(19-21-48)20-22-49)47(38)26-28-9-14-33(15-10-28)40(41,42)43;1-25(46)21-32(40-23-26-5-3-2-4-6-26)29-11-16-34-33(22-29)41-35(28-9-14-31(15-10-28)42(17-19-44)18-20-45)43(34)24-27-7-12-30(13-8-27)36(37,38)39;1-4-17-35(18-5-2)28-13-10-26(11-14-28)32-34-30-21-27(29(33)20-23(3)38)12-15-31(30)36(32)19-16-24-6-8-25(22-37)9-7-24/h2-18,24,36,44,48-49H,19-23,25-26H2,1H3;7-16,22,26,32,40,44-45H,2-6,17-21,23-24H2,1H3;6-15,21,29,37H,4-5,16-20,22,33H2,1-3H3. The summed E-state index contributed by atoms with van der Waals surface area (Å²) in [6, 6.07) is 74.1. The first-order chi connectivity index (χ1) is 64.7. The molecule has 1 fully saturated rings. The normalized spacial score (nSPS) is 13.2. The molecule has 0 bridgehead atoms. The van der Waals surface area contributed by atoms with Crippen molar-refractivity contribution in [2.45, 2.75) is 169 Å². The minimum Gasteiger partial charge on any atom is -0.395 e. The number of aliphatic hydroxyl groups is 5. The molecule has 3 heterocycles. The van der Waals surface area contributed by atoms with Gasteiger partial charge in [0.2, 0.25) is 0 Å². The fraction of sp³-hybridized carbons (Fsp3) is 0.352. The minimum atomic E-state index is -4.43. The van der Waals surface area contributed by atoms with Crippen LogP contribution in [0.5, 0.6) is 0 Å². The van der Waals surface area contributed by atoms with Gasteiger partial charge >= 0.3 is 12.4 Å². The van der Waals surface area contributed by atoms with Gasteiger partial charge in [-0.25, -0.2) is 15.0 Å². The van der Waals surface area contributed by atoms with Crippen LogP contribution in [0, 0.1) is 5.92 Å². The number of carbonyl (C=O) groups excluding carboxylic acids is 3. The van der Waals surface area contributed by atoms with Gasteiger partial charge in [-0.1, -0.05) is 142 Å². The summed E-state index contributed by atoms with van der Waals surface area (Å²) >= 11 is 0. The van der Waals surface area contributed by atoms with E-state index in [4.69, 9.17) is 20.7 Å². The average Bonchev–Trinajstić information content (AvgIpc) is 1.62. The first kappa shape index (κ1) is 99.2. The molecule has 3 atom stereocenters. The second-order valence-corrected chi connectivity index (χ2v) is 34.8. The van der Waals surface area contributed by atoms with Crippen molar-refractivity contribution >= 4 is 78.3 Å². The van der Waals surface area contributed by atoms with Gasteiger partial charge in [-0.05, 0) is 254 Å². The van der Waals surface area contributed by atoms with E-state index in [0.29, 0.717) is 86.3 Å². The maximum absolute atomic E-state index is 13.3. The minimum absolute atomic E-state index is 0.0468. The highest BCUT2D eigenvalue weighted by atomic mass is 19.4. The van der Waals surface area contributed by atoms with E-state index in [0.717, 1.165) is 170 Å². The molecule has 1 aliphatic rings. The molecule has 9 N–H and O–H groups in total. The molecule has 3 aromatic heterocycles. The molecule has 0 aliphatic heterocycles.